The number of nitrogens with zero attached hydrogens (tertiary/aromatic N) is 6. The van der Waals surface area contributed by atoms with E-state index in [1.165, 1.54) is 17.5 Å². The van der Waals surface area contributed by atoms with Gasteiger partial charge in [-0.25, -0.2) is 4.98 Å². The molecule has 1 fully saturated rings. The predicted molar refractivity (Wildman–Crippen MR) is 196 cm³/mol. The third-order valence-corrected chi connectivity index (χ3v) is 9.20. The molecule has 0 saturated carbocycles. The zero-order valence-electron chi connectivity index (χ0n) is 27.9. The van der Waals surface area contributed by atoms with E-state index in [0.717, 1.165) is 59.3 Å². The van der Waals surface area contributed by atoms with Crippen LogP contribution in [-0.2, 0) is 13.0 Å². The van der Waals surface area contributed by atoms with Crippen LogP contribution in [0.5, 0.6) is 17.4 Å². The van der Waals surface area contributed by atoms with Crippen molar-refractivity contribution in [1.29, 1.82) is 0 Å². The van der Waals surface area contributed by atoms with Crippen LogP contribution in [0.25, 0.3) is 11.3 Å². The highest BCUT2D eigenvalue weighted by molar-refractivity contribution is 8.00. The zero-order chi connectivity index (χ0) is 33.5. The van der Waals surface area contributed by atoms with E-state index < -0.39 is 0 Å². The number of hydrogen-bond acceptors (Lipinski definition) is 9. The van der Waals surface area contributed by atoms with E-state index in [-0.39, 0.29) is 0 Å². The highest BCUT2D eigenvalue weighted by Gasteiger charge is 2.23. The van der Waals surface area contributed by atoms with Crippen LogP contribution in [0, 0.1) is 5.92 Å². The lowest BCUT2D eigenvalue weighted by Crippen LogP contribution is -2.44. The third kappa shape index (κ3) is 8.24. The van der Waals surface area contributed by atoms with Crippen molar-refractivity contribution in [3.05, 3.63) is 101 Å². The number of likely N-dealkylation sites (N-methyl/N-ethyl adjacent to an activating group) is 1. The first-order valence-corrected chi connectivity index (χ1v) is 17.6. The lowest BCUT2D eigenvalue weighted by Gasteiger charge is -2.34. The molecule has 0 amide bonds. The summed E-state index contributed by atoms with van der Waals surface area (Å²) < 4.78 is 18.2. The molecule has 0 atom stereocenters. The molecule has 1 saturated heterocycles. The molecule has 0 radical (unpaired) electrons. The molecule has 11 heteroatoms. The normalized spacial score (nSPS) is 13.6. The van der Waals surface area contributed by atoms with Gasteiger partial charge in [0.15, 0.2) is 0 Å². The standard InChI is InChI=1S/C37H42ClN7O2S/c1-5-29-35(30-14-9-10-16-32(30)46-25-26(2)3)40-37(42-48-28-22-39-45(24-28)23-27-12-7-6-8-13-27)41-36(29)47-33-17-11-15-31(34(33)38)44-20-18-43(4)19-21-44/h6-17,22,24,26H,5,18-21,23,25H2,1-4H3,(H,40,41,42). The molecule has 5 aromatic rings. The van der Waals surface area contributed by atoms with Gasteiger partial charge in [0.25, 0.3) is 0 Å². The van der Waals surface area contributed by atoms with Gasteiger partial charge in [0.2, 0.25) is 11.8 Å². The third-order valence-electron chi connectivity index (χ3n) is 8.09. The molecule has 0 unspecified atom stereocenters. The molecule has 3 heterocycles. The van der Waals surface area contributed by atoms with E-state index in [4.69, 9.17) is 31.0 Å². The van der Waals surface area contributed by atoms with Gasteiger partial charge in [-0.05, 0) is 61.2 Å². The van der Waals surface area contributed by atoms with Crippen LogP contribution < -0.4 is 19.1 Å². The topological polar surface area (TPSA) is 80.6 Å². The number of aromatic nitrogens is 4. The average molecular weight is 684 g/mol. The molecule has 6 rings (SSSR count). The van der Waals surface area contributed by atoms with Gasteiger partial charge in [-0.2, -0.15) is 10.1 Å². The minimum absolute atomic E-state index is 0.374. The number of ether oxygens (including phenoxy) is 2. The Morgan fingerprint density at radius 2 is 1.67 bits per heavy atom. The molecule has 9 nitrogen and oxygen atoms in total. The van der Waals surface area contributed by atoms with E-state index in [0.29, 0.717) is 48.1 Å². The first-order valence-electron chi connectivity index (χ1n) is 16.4. The number of piperazine rings is 1. The van der Waals surface area contributed by atoms with Gasteiger partial charge >= 0.3 is 0 Å². The number of benzene rings is 3. The van der Waals surface area contributed by atoms with Gasteiger partial charge in [-0.3, -0.25) is 9.40 Å². The Morgan fingerprint density at radius 3 is 2.44 bits per heavy atom. The van der Waals surface area contributed by atoms with Gasteiger partial charge in [0.05, 0.1) is 35.6 Å². The van der Waals surface area contributed by atoms with Gasteiger partial charge < -0.3 is 19.3 Å². The van der Waals surface area contributed by atoms with Crippen molar-refractivity contribution in [2.45, 2.75) is 38.6 Å². The van der Waals surface area contributed by atoms with Crippen LogP contribution in [0.4, 0.5) is 11.6 Å². The maximum atomic E-state index is 7.05. The second kappa shape index (κ2) is 15.8. The Bertz CT molecular complexity index is 1810. The highest BCUT2D eigenvalue weighted by Crippen LogP contribution is 2.41. The second-order valence-corrected chi connectivity index (χ2v) is 13.5. The smallest absolute Gasteiger partial charge is 0.237 e. The lowest BCUT2D eigenvalue weighted by molar-refractivity contribution is 0.272. The largest absolute Gasteiger partial charge is 0.493 e. The Balaban J connectivity index is 1.33. The number of para-hydroxylation sites is 1. The minimum atomic E-state index is 0.374. The van der Waals surface area contributed by atoms with Gasteiger partial charge in [-0.1, -0.05) is 80.9 Å². The lowest BCUT2D eigenvalue weighted by atomic mass is 10.0. The van der Waals surface area contributed by atoms with Gasteiger partial charge in [-0.15, -0.1) is 0 Å². The fraction of sp³-hybridized carbons (Fsp3) is 0.324. The Labute approximate surface area is 292 Å². The first-order chi connectivity index (χ1) is 23.4. The maximum Gasteiger partial charge on any atom is 0.237 e. The van der Waals surface area contributed by atoms with E-state index in [1.807, 2.05) is 71.7 Å². The molecule has 2 aromatic heterocycles. The van der Waals surface area contributed by atoms with Crippen LogP contribution in [0.3, 0.4) is 0 Å². The molecule has 250 valence electrons. The monoisotopic (exact) mass is 683 g/mol. The van der Waals surface area contributed by atoms with E-state index >= 15 is 0 Å². The Morgan fingerprint density at radius 1 is 0.917 bits per heavy atom. The summed E-state index contributed by atoms with van der Waals surface area (Å²) in [4.78, 5) is 15.5. The summed E-state index contributed by atoms with van der Waals surface area (Å²) in [6.07, 6.45) is 4.47. The number of nitrogens with one attached hydrogen (secondary N) is 1. The van der Waals surface area contributed by atoms with Crippen LogP contribution in [0.15, 0.2) is 90.1 Å². The summed E-state index contributed by atoms with van der Waals surface area (Å²) in [6.45, 7) is 11.4. The minimum Gasteiger partial charge on any atom is -0.493 e. The van der Waals surface area contributed by atoms with Crippen LogP contribution in [0.1, 0.15) is 31.9 Å². The summed E-state index contributed by atoms with van der Waals surface area (Å²) in [5.41, 5.74) is 4.63. The first kappa shape index (κ1) is 33.6. The summed E-state index contributed by atoms with van der Waals surface area (Å²) in [7, 11) is 2.14. The molecular weight excluding hydrogens is 642 g/mol. The molecule has 0 spiro atoms. The van der Waals surface area contributed by atoms with Gasteiger partial charge in [0, 0.05) is 43.5 Å². The van der Waals surface area contributed by atoms with Crippen molar-refractivity contribution in [2.75, 3.05) is 49.5 Å². The van der Waals surface area contributed by atoms with Crippen molar-refractivity contribution in [1.82, 2.24) is 24.6 Å². The number of anilines is 2. The molecule has 1 aliphatic rings. The SMILES string of the molecule is CCc1c(Oc2cccc(N3CCN(C)CC3)c2Cl)nc(NSc2cnn(Cc3ccccc3)c2)nc1-c1ccccc1OCC(C)C. The summed E-state index contributed by atoms with van der Waals surface area (Å²) in [5.74, 6) is 2.54. The molecule has 1 aliphatic heterocycles. The van der Waals surface area contributed by atoms with Crippen molar-refractivity contribution < 1.29 is 9.47 Å². The second-order valence-electron chi connectivity index (χ2n) is 12.3. The van der Waals surface area contributed by atoms with Crippen LogP contribution in [0.2, 0.25) is 5.02 Å². The quantitative estimate of drug-likeness (QED) is 0.123. The summed E-state index contributed by atoms with van der Waals surface area (Å²) >= 11 is 8.44. The molecule has 0 bridgehead atoms. The zero-order valence-corrected chi connectivity index (χ0v) is 29.5. The Kier molecular flexibility index (Phi) is 11.1. The van der Waals surface area contributed by atoms with Crippen LogP contribution in [-0.4, -0.2) is 64.5 Å². The van der Waals surface area contributed by atoms with Crippen molar-refractivity contribution in [3.63, 3.8) is 0 Å². The average Bonchev–Trinajstić information content (AvgIpc) is 3.55. The Hall–Kier alpha value is -4.25. The molecule has 1 N–H and O–H groups in total. The van der Waals surface area contributed by atoms with E-state index in [9.17, 15) is 0 Å². The summed E-state index contributed by atoms with van der Waals surface area (Å²) in [6, 6.07) is 24.2. The predicted octanol–water partition coefficient (Wildman–Crippen LogP) is 8.30. The van der Waals surface area contributed by atoms with Crippen LogP contribution >= 0.6 is 23.5 Å². The van der Waals surface area contributed by atoms with Gasteiger partial charge in [0.1, 0.15) is 16.5 Å². The molecule has 48 heavy (non-hydrogen) atoms. The highest BCUT2D eigenvalue weighted by atomic mass is 35.5. The number of halogens is 1. The van der Waals surface area contributed by atoms with Crippen molar-refractivity contribution >= 4 is 35.2 Å². The molecular formula is C37H42ClN7O2S. The number of hydrogen-bond donors (Lipinski definition) is 1. The maximum absolute atomic E-state index is 7.05. The van der Waals surface area contributed by atoms with Crippen molar-refractivity contribution in [2.24, 2.45) is 5.92 Å². The van der Waals surface area contributed by atoms with E-state index in [1.54, 1.807) is 0 Å². The molecule has 0 aliphatic carbocycles. The number of rotatable bonds is 13. The van der Waals surface area contributed by atoms with E-state index in [2.05, 4.69) is 65.6 Å². The fourth-order valence-corrected chi connectivity index (χ4v) is 6.37. The summed E-state index contributed by atoms with van der Waals surface area (Å²) in [5, 5.41) is 5.12. The fourth-order valence-electron chi connectivity index (χ4n) is 5.51. The molecule has 3 aromatic carbocycles. The van der Waals surface area contributed by atoms with Crippen molar-refractivity contribution in [3.8, 4) is 28.6 Å².